The fourth-order valence-electron chi connectivity index (χ4n) is 2.07. The lowest BCUT2D eigenvalue weighted by atomic mass is 10.2. The first kappa shape index (κ1) is 16.0. The van der Waals surface area contributed by atoms with E-state index in [2.05, 4.69) is 0 Å². The third-order valence-corrected chi connectivity index (χ3v) is 3.37. The van der Waals surface area contributed by atoms with Gasteiger partial charge >= 0.3 is 0 Å². The molecule has 2 rings (SSSR count). The van der Waals surface area contributed by atoms with Gasteiger partial charge in [0.05, 0.1) is 0 Å². The Hall–Kier alpha value is -2.33. The molecule has 0 spiro atoms. The van der Waals surface area contributed by atoms with Crippen LogP contribution in [0.1, 0.15) is 18.9 Å². The summed E-state index contributed by atoms with van der Waals surface area (Å²) in [6.07, 6.45) is -0.502. The first-order valence-electron chi connectivity index (χ1n) is 7.35. The number of para-hydroxylation sites is 1. The molecule has 0 saturated carbocycles. The maximum atomic E-state index is 11.8. The average molecular weight is 299 g/mol. The number of amides is 1. The molecule has 0 aromatic heterocycles. The maximum Gasteiger partial charge on any atom is 0.251 e. The van der Waals surface area contributed by atoms with Gasteiger partial charge in [0.25, 0.3) is 5.91 Å². The molecule has 0 radical (unpaired) electrons. The van der Waals surface area contributed by atoms with Crippen LogP contribution in [-0.4, -0.2) is 29.1 Å². The molecule has 0 heterocycles. The van der Waals surface area contributed by atoms with Crippen molar-refractivity contribution in [3.63, 3.8) is 0 Å². The van der Waals surface area contributed by atoms with E-state index in [1.165, 1.54) is 4.90 Å². The number of rotatable bonds is 6. The molecule has 0 unspecified atom stereocenters. The van der Waals surface area contributed by atoms with Crippen molar-refractivity contribution in [1.29, 1.82) is 0 Å². The molecule has 2 aromatic rings. The molecule has 1 N–H and O–H groups in total. The average Bonchev–Trinajstić information content (AvgIpc) is 2.56. The lowest BCUT2D eigenvalue weighted by Crippen LogP contribution is -2.35. The zero-order chi connectivity index (χ0) is 15.9. The molecular weight excluding hydrogens is 278 g/mol. The van der Waals surface area contributed by atoms with Gasteiger partial charge < -0.3 is 14.7 Å². The van der Waals surface area contributed by atoms with Gasteiger partial charge in [-0.25, -0.2) is 0 Å². The van der Waals surface area contributed by atoms with Crippen LogP contribution < -0.4 is 4.74 Å². The Bertz CT molecular complexity index is 595. The molecule has 4 nitrogen and oxygen atoms in total. The van der Waals surface area contributed by atoms with Crippen molar-refractivity contribution < 1.29 is 14.6 Å². The van der Waals surface area contributed by atoms with Crippen LogP contribution in [0.5, 0.6) is 11.5 Å². The minimum absolute atomic E-state index is 0.257. The van der Waals surface area contributed by atoms with Gasteiger partial charge in [0.2, 0.25) is 0 Å². The summed E-state index contributed by atoms with van der Waals surface area (Å²) in [6.45, 7) is 2.24. The number of benzene rings is 2. The van der Waals surface area contributed by atoms with Crippen LogP contribution >= 0.6 is 0 Å². The van der Waals surface area contributed by atoms with Crippen molar-refractivity contribution in [2.75, 3.05) is 7.05 Å². The summed E-state index contributed by atoms with van der Waals surface area (Å²) in [4.78, 5) is 13.4. The molecule has 0 aliphatic carbocycles. The summed E-state index contributed by atoms with van der Waals surface area (Å²) in [5.41, 5.74) is 0.986. The largest absolute Gasteiger partial charge is 0.457 e. The summed E-state index contributed by atoms with van der Waals surface area (Å²) in [5, 5.41) is 9.57. The second-order valence-electron chi connectivity index (χ2n) is 5.18. The van der Waals surface area contributed by atoms with E-state index >= 15 is 0 Å². The van der Waals surface area contributed by atoms with Crippen molar-refractivity contribution in [2.24, 2.45) is 0 Å². The van der Waals surface area contributed by atoms with E-state index < -0.39 is 6.10 Å². The molecule has 1 atom stereocenters. The summed E-state index contributed by atoms with van der Waals surface area (Å²) < 4.78 is 5.72. The number of hydrogen-bond acceptors (Lipinski definition) is 3. The third kappa shape index (κ3) is 4.33. The molecule has 2 aromatic carbocycles. The minimum Gasteiger partial charge on any atom is -0.457 e. The van der Waals surface area contributed by atoms with Gasteiger partial charge in [0.1, 0.15) is 17.6 Å². The fourth-order valence-corrected chi connectivity index (χ4v) is 2.07. The normalized spacial score (nSPS) is 11.8. The Balaban J connectivity index is 1.96. The van der Waals surface area contributed by atoms with E-state index in [0.717, 1.165) is 17.1 Å². The van der Waals surface area contributed by atoms with Crippen molar-refractivity contribution in [2.45, 2.75) is 26.0 Å². The van der Waals surface area contributed by atoms with E-state index in [9.17, 15) is 9.90 Å². The summed E-state index contributed by atoms with van der Waals surface area (Å²) in [5.74, 6) is 1.28. The van der Waals surface area contributed by atoms with Gasteiger partial charge in [-0.05, 0) is 36.2 Å². The lowest BCUT2D eigenvalue weighted by molar-refractivity contribution is -0.139. The van der Waals surface area contributed by atoms with Gasteiger partial charge in [0, 0.05) is 13.6 Å². The van der Waals surface area contributed by atoms with E-state index in [4.69, 9.17) is 4.74 Å². The highest BCUT2D eigenvalue weighted by Crippen LogP contribution is 2.21. The van der Waals surface area contributed by atoms with Crippen LogP contribution in [-0.2, 0) is 11.3 Å². The Morgan fingerprint density at radius 3 is 2.27 bits per heavy atom. The number of carbonyl (C=O) groups excluding carboxylic acids is 1. The highest BCUT2D eigenvalue weighted by atomic mass is 16.5. The van der Waals surface area contributed by atoms with Crippen molar-refractivity contribution in [3.05, 3.63) is 60.2 Å². The molecule has 0 saturated heterocycles. The van der Waals surface area contributed by atoms with Crippen molar-refractivity contribution in [3.8, 4) is 11.5 Å². The standard InChI is InChI=1S/C18H21NO3/c1-3-17(20)18(21)19(2)13-14-9-11-16(12-10-14)22-15-7-5-4-6-8-15/h4-12,17,20H,3,13H2,1-2H3/t17-/m0/s1. The quantitative estimate of drug-likeness (QED) is 0.891. The molecule has 1 amide bonds. The third-order valence-electron chi connectivity index (χ3n) is 3.37. The highest BCUT2D eigenvalue weighted by molar-refractivity contribution is 5.80. The van der Waals surface area contributed by atoms with E-state index in [-0.39, 0.29) is 5.91 Å². The van der Waals surface area contributed by atoms with Crippen molar-refractivity contribution >= 4 is 5.91 Å². The first-order chi connectivity index (χ1) is 10.6. The molecule has 0 aliphatic heterocycles. The monoisotopic (exact) mass is 299 g/mol. The predicted molar refractivity (Wildman–Crippen MR) is 85.7 cm³/mol. The summed E-state index contributed by atoms with van der Waals surface area (Å²) in [6, 6.07) is 17.1. The van der Waals surface area contributed by atoms with Crippen molar-refractivity contribution in [1.82, 2.24) is 4.90 Å². The molecule has 116 valence electrons. The second kappa shape index (κ2) is 7.61. The number of aliphatic hydroxyl groups excluding tert-OH is 1. The fraction of sp³-hybridized carbons (Fsp3) is 0.278. The van der Waals surface area contributed by atoms with Crippen LogP contribution in [0, 0.1) is 0 Å². The minimum atomic E-state index is -0.925. The van der Waals surface area contributed by atoms with Crippen LogP contribution in [0.15, 0.2) is 54.6 Å². The van der Waals surface area contributed by atoms with E-state index in [1.807, 2.05) is 54.6 Å². The maximum absolute atomic E-state index is 11.8. The van der Waals surface area contributed by atoms with Gasteiger partial charge in [-0.3, -0.25) is 4.79 Å². The lowest BCUT2D eigenvalue weighted by Gasteiger charge is -2.20. The Labute approximate surface area is 131 Å². The van der Waals surface area contributed by atoms with E-state index in [0.29, 0.717) is 13.0 Å². The number of aliphatic hydroxyl groups is 1. The number of nitrogens with zero attached hydrogens (tertiary/aromatic N) is 1. The molecule has 0 fully saturated rings. The predicted octanol–water partition coefficient (Wildman–Crippen LogP) is 3.21. The van der Waals surface area contributed by atoms with Gasteiger partial charge in [-0.1, -0.05) is 37.3 Å². The number of ether oxygens (including phenoxy) is 1. The van der Waals surface area contributed by atoms with Gasteiger partial charge in [-0.15, -0.1) is 0 Å². The molecular formula is C18H21NO3. The molecule has 0 aliphatic rings. The van der Waals surface area contributed by atoms with Crippen LogP contribution in [0.2, 0.25) is 0 Å². The first-order valence-corrected chi connectivity index (χ1v) is 7.35. The number of hydrogen-bond donors (Lipinski definition) is 1. The van der Waals surface area contributed by atoms with Gasteiger partial charge in [-0.2, -0.15) is 0 Å². The van der Waals surface area contributed by atoms with Crippen LogP contribution in [0.3, 0.4) is 0 Å². The topological polar surface area (TPSA) is 49.8 Å². The molecule has 0 bridgehead atoms. The number of carbonyl (C=O) groups is 1. The van der Waals surface area contributed by atoms with E-state index in [1.54, 1.807) is 14.0 Å². The summed E-state index contributed by atoms with van der Waals surface area (Å²) >= 11 is 0. The Morgan fingerprint density at radius 1 is 1.09 bits per heavy atom. The number of likely N-dealkylation sites (N-methyl/N-ethyl adjacent to an activating group) is 1. The Kier molecular flexibility index (Phi) is 5.55. The SMILES string of the molecule is CC[C@H](O)C(=O)N(C)Cc1ccc(Oc2ccccc2)cc1. The summed E-state index contributed by atoms with van der Waals surface area (Å²) in [7, 11) is 1.69. The zero-order valence-corrected chi connectivity index (χ0v) is 12.9. The zero-order valence-electron chi connectivity index (χ0n) is 12.9. The second-order valence-corrected chi connectivity index (χ2v) is 5.18. The molecule has 4 heteroatoms. The highest BCUT2D eigenvalue weighted by Gasteiger charge is 2.17. The Morgan fingerprint density at radius 2 is 1.68 bits per heavy atom. The molecule has 22 heavy (non-hydrogen) atoms. The van der Waals surface area contributed by atoms with Gasteiger partial charge in [0.15, 0.2) is 0 Å². The smallest absolute Gasteiger partial charge is 0.251 e. The van der Waals surface area contributed by atoms with Crippen LogP contribution in [0.4, 0.5) is 0 Å². The van der Waals surface area contributed by atoms with Crippen LogP contribution in [0.25, 0.3) is 0 Å².